The largest absolute Gasteiger partial charge is 0.455 e. The molecule has 6 heteroatoms. The van der Waals surface area contributed by atoms with Gasteiger partial charge in [0.2, 0.25) is 0 Å². The van der Waals surface area contributed by atoms with Crippen molar-refractivity contribution in [2.45, 2.75) is 0 Å². The molecule has 0 fully saturated rings. The third kappa shape index (κ3) is 6.32. The van der Waals surface area contributed by atoms with Gasteiger partial charge >= 0.3 is 0 Å². The quantitative estimate of drug-likeness (QED) is 0.153. The number of aromatic nitrogens is 4. The van der Waals surface area contributed by atoms with Gasteiger partial charge in [-0.25, -0.2) is 15.0 Å². The number of rotatable bonds is 8. The predicted octanol–water partition coefficient (Wildman–Crippen LogP) is 15.0. The van der Waals surface area contributed by atoms with Crippen LogP contribution >= 0.6 is 0 Å². The molecule has 0 aliphatic heterocycles. The molecule has 0 N–H and O–H groups in total. The van der Waals surface area contributed by atoms with Gasteiger partial charge < -0.3 is 13.9 Å². The SMILES string of the molecule is c1ccc(-c2nc(-c3ccc(-n4c5ccccc5c5cccc(-c6ccc(N(c7ccccc7)c7ccccc7)cc6)c54)cc3)nc(-c3cccc4c3oc3ccccc34)n2)cc1. The Balaban J connectivity index is 0.973. The van der Waals surface area contributed by atoms with Gasteiger partial charge in [-0.05, 0) is 84.4 Å². The molecular weight excluding hydrogens is 771 g/mol. The van der Waals surface area contributed by atoms with Crippen molar-refractivity contribution in [3.05, 3.63) is 224 Å². The molecule has 0 aliphatic rings. The number of furan rings is 1. The molecule has 9 aromatic carbocycles. The summed E-state index contributed by atoms with van der Waals surface area (Å²) in [6, 6.07) is 78.1. The first-order valence-electron chi connectivity index (χ1n) is 21.1. The Labute approximate surface area is 363 Å². The van der Waals surface area contributed by atoms with Crippen LogP contribution in [0.5, 0.6) is 0 Å². The summed E-state index contributed by atoms with van der Waals surface area (Å²) in [6.45, 7) is 0. The highest BCUT2D eigenvalue weighted by Gasteiger charge is 2.20. The van der Waals surface area contributed by atoms with E-state index < -0.39 is 0 Å². The third-order valence-corrected chi connectivity index (χ3v) is 11.9. The van der Waals surface area contributed by atoms with Gasteiger partial charge in [0.1, 0.15) is 11.2 Å². The van der Waals surface area contributed by atoms with Gasteiger partial charge in [0.15, 0.2) is 17.5 Å². The van der Waals surface area contributed by atoms with Crippen molar-refractivity contribution in [3.8, 4) is 51.0 Å². The molecule has 3 heterocycles. The molecule has 0 bridgehead atoms. The van der Waals surface area contributed by atoms with Gasteiger partial charge in [0.25, 0.3) is 0 Å². The normalized spacial score (nSPS) is 11.5. The second kappa shape index (κ2) is 15.1. The fourth-order valence-electron chi connectivity index (χ4n) is 8.94. The van der Waals surface area contributed by atoms with Crippen LogP contribution < -0.4 is 4.90 Å². The van der Waals surface area contributed by atoms with E-state index in [1.165, 1.54) is 10.8 Å². The van der Waals surface area contributed by atoms with Crippen molar-refractivity contribution in [2.75, 3.05) is 4.90 Å². The van der Waals surface area contributed by atoms with Crippen LogP contribution in [0.15, 0.2) is 229 Å². The highest BCUT2D eigenvalue weighted by Crippen LogP contribution is 2.41. The number of nitrogens with zero attached hydrogens (tertiary/aromatic N) is 5. The lowest BCUT2D eigenvalue weighted by atomic mass is 10.0. The second-order valence-electron chi connectivity index (χ2n) is 15.6. The highest BCUT2D eigenvalue weighted by atomic mass is 16.3. The molecule has 0 radical (unpaired) electrons. The van der Waals surface area contributed by atoms with Crippen LogP contribution in [0.3, 0.4) is 0 Å². The predicted molar refractivity (Wildman–Crippen MR) is 258 cm³/mol. The van der Waals surface area contributed by atoms with Crippen molar-refractivity contribution in [1.29, 1.82) is 0 Å². The summed E-state index contributed by atoms with van der Waals surface area (Å²) in [5.74, 6) is 1.74. The van der Waals surface area contributed by atoms with Crippen LogP contribution in [-0.2, 0) is 0 Å². The fraction of sp³-hybridized carbons (Fsp3) is 0. The van der Waals surface area contributed by atoms with Crippen LogP contribution in [-0.4, -0.2) is 19.5 Å². The van der Waals surface area contributed by atoms with Gasteiger partial charge in [0.05, 0.1) is 16.6 Å². The molecule has 12 rings (SSSR count). The zero-order chi connectivity index (χ0) is 41.7. The van der Waals surface area contributed by atoms with Gasteiger partial charge in [-0.15, -0.1) is 0 Å². The van der Waals surface area contributed by atoms with Crippen molar-refractivity contribution < 1.29 is 4.42 Å². The number of fused-ring (bicyclic) bond motifs is 6. The summed E-state index contributed by atoms with van der Waals surface area (Å²) in [5, 5.41) is 4.48. The van der Waals surface area contributed by atoms with Crippen LogP contribution in [0.2, 0.25) is 0 Å². The number of para-hydroxylation sites is 6. The van der Waals surface area contributed by atoms with Crippen LogP contribution in [0.1, 0.15) is 0 Å². The van der Waals surface area contributed by atoms with Crippen LogP contribution in [0.25, 0.3) is 94.7 Å². The third-order valence-electron chi connectivity index (χ3n) is 11.9. The number of anilines is 3. The molecule has 12 aromatic rings. The smallest absolute Gasteiger partial charge is 0.167 e. The number of benzene rings is 9. The first kappa shape index (κ1) is 36.3. The Morgan fingerprint density at radius 3 is 1.56 bits per heavy atom. The summed E-state index contributed by atoms with van der Waals surface area (Å²) in [6.07, 6.45) is 0. The zero-order valence-corrected chi connectivity index (χ0v) is 34.0. The topological polar surface area (TPSA) is 60.0 Å². The summed E-state index contributed by atoms with van der Waals surface area (Å²) < 4.78 is 8.83. The number of hydrogen-bond donors (Lipinski definition) is 0. The fourth-order valence-corrected chi connectivity index (χ4v) is 8.94. The lowest BCUT2D eigenvalue weighted by Crippen LogP contribution is -2.09. The molecule has 296 valence electrons. The zero-order valence-electron chi connectivity index (χ0n) is 34.0. The minimum absolute atomic E-state index is 0.557. The van der Waals surface area contributed by atoms with Crippen molar-refractivity contribution >= 4 is 60.8 Å². The summed E-state index contributed by atoms with van der Waals surface area (Å²) >= 11 is 0. The van der Waals surface area contributed by atoms with E-state index in [0.717, 1.165) is 83.5 Å². The summed E-state index contributed by atoms with van der Waals surface area (Å²) in [7, 11) is 0. The summed E-state index contributed by atoms with van der Waals surface area (Å²) in [5.41, 5.74) is 13.1. The Morgan fingerprint density at radius 2 is 0.857 bits per heavy atom. The molecular formula is C57H37N5O. The van der Waals surface area contributed by atoms with Gasteiger partial charge in [-0.1, -0.05) is 146 Å². The monoisotopic (exact) mass is 807 g/mol. The maximum atomic E-state index is 6.45. The molecule has 63 heavy (non-hydrogen) atoms. The Kier molecular flexibility index (Phi) is 8.71. The van der Waals surface area contributed by atoms with E-state index in [1.54, 1.807) is 0 Å². The Morgan fingerprint density at radius 1 is 0.349 bits per heavy atom. The molecule has 0 aliphatic carbocycles. The van der Waals surface area contributed by atoms with E-state index in [1.807, 2.05) is 60.7 Å². The van der Waals surface area contributed by atoms with E-state index in [2.05, 4.69) is 173 Å². The molecule has 0 spiro atoms. The molecule has 0 saturated heterocycles. The minimum atomic E-state index is 0.557. The lowest BCUT2D eigenvalue weighted by molar-refractivity contribution is 0.669. The molecule has 3 aromatic heterocycles. The van der Waals surface area contributed by atoms with E-state index in [-0.39, 0.29) is 0 Å². The number of hydrogen-bond acceptors (Lipinski definition) is 5. The van der Waals surface area contributed by atoms with Gasteiger partial charge in [-0.2, -0.15) is 0 Å². The maximum Gasteiger partial charge on any atom is 0.167 e. The average Bonchev–Trinajstić information content (AvgIpc) is 3.92. The van der Waals surface area contributed by atoms with Gasteiger partial charge in [-0.3, -0.25) is 0 Å². The molecule has 0 amide bonds. The molecule has 0 atom stereocenters. The van der Waals surface area contributed by atoms with Crippen molar-refractivity contribution in [1.82, 2.24) is 19.5 Å². The van der Waals surface area contributed by atoms with Crippen LogP contribution in [0, 0.1) is 0 Å². The Bertz CT molecular complexity index is 3560. The average molecular weight is 808 g/mol. The summed E-state index contributed by atoms with van der Waals surface area (Å²) in [4.78, 5) is 17.5. The van der Waals surface area contributed by atoms with E-state index >= 15 is 0 Å². The first-order chi connectivity index (χ1) is 31.2. The van der Waals surface area contributed by atoms with Gasteiger partial charge in [0, 0.05) is 61.0 Å². The van der Waals surface area contributed by atoms with Crippen LogP contribution in [0.4, 0.5) is 17.1 Å². The van der Waals surface area contributed by atoms with Crippen molar-refractivity contribution in [2.24, 2.45) is 0 Å². The lowest BCUT2D eigenvalue weighted by Gasteiger charge is -2.25. The molecule has 0 unspecified atom stereocenters. The van der Waals surface area contributed by atoms with E-state index in [4.69, 9.17) is 19.4 Å². The van der Waals surface area contributed by atoms with E-state index in [0.29, 0.717) is 17.5 Å². The standard InChI is InChI=1S/C57H37N5O/c1-4-16-39(17-5-1)55-58-56(60-57(59-55)50-27-15-26-49-47-23-11-13-29-52(47)63-54(49)50)40-32-36-44(37-33-40)62-51-28-12-10-22-46(51)48-25-14-24-45(53(48)62)38-30-34-43(35-31-38)61(41-18-6-2-7-19-41)42-20-8-3-9-21-42/h1-37H. The highest BCUT2D eigenvalue weighted by molar-refractivity contribution is 6.14. The maximum absolute atomic E-state index is 6.45. The molecule has 6 nitrogen and oxygen atoms in total. The van der Waals surface area contributed by atoms with E-state index in [9.17, 15) is 0 Å². The minimum Gasteiger partial charge on any atom is -0.455 e. The first-order valence-corrected chi connectivity index (χ1v) is 21.1. The van der Waals surface area contributed by atoms with Crippen molar-refractivity contribution in [3.63, 3.8) is 0 Å². The molecule has 0 saturated carbocycles. The second-order valence-corrected chi connectivity index (χ2v) is 15.6. The Hall–Kier alpha value is -8.61.